The maximum absolute atomic E-state index is 15.0. The van der Waals surface area contributed by atoms with E-state index in [4.69, 9.17) is 5.26 Å². The van der Waals surface area contributed by atoms with Gasteiger partial charge in [-0.2, -0.15) is 36.7 Å². The van der Waals surface area contributed by atoms with E-state index < -0.39 is 57.8 Å². The number of H-pyrrole nitrogens is 1. The highest BCUT2D eigenvalue weighted by molar-refractivity contribution is 5.86. The molecule has 4 rings (SSSR count). The summed E-state index contributed by atoms with van der Waals surface area (Å²) < 4.78 is 95.9. The van der Waals surface area contributed by atoms with Crippen molar-refractivity contribution in [3.05, 3.63) is 86.1 Å². The summed E-state index contributed by atoms with van der Waals surface area (Å²) >= 11 is 0. The van der Waals surface area contributed by atoms with Crippen molar-refractivity contribution in [3.8, 4) is 17.3 Å². The molecule has 0 saturated heterocycles. The molecule has 3 heterocycles. The second kappa shape index (κ2) is 11.0. The zero-order valence-corrected chi connectivity index (χ0v) is 21.0. The number of pyridine rings is 2. The molecule has 0 spiro atoms. The van der Waals surface area contributed by atoms with Crippen LogP contribution in [0.5, 0.6) is 0 Å². The van der Waals surface area contributed by atoms with E-state index in [1.54, 1.807) is 12.0 Å². The van der Waals surface area contributed by atoms with Gasteiger partial charge in [-0.1, -0.05) is 0 Å². The van der Waals surface area contributed by atoms with E-state index in [2.05, 4.69) is 15.4 Å². The number of aromatic amines is 1. The predicted octanol–water partition coefficient (Wildman–Crippen LogP) is 5.48. The van der Waals surface area contributed by atoms with E-state index in [-0.39, 0.29) is 35.0 Å². The second-order valence-electron chi connectivity index (χ2n) is 9.11. The van der Waals surface area contributed by atoms with Gasteiger partial charge in [-0.15, -0.1) is 0 Å². The minimum absolute atomic E-state index is 0.0472. The molecule has 15 heteroatoms. The third-order valence-electron chi connectivity index (χ3n) is 6.20. The lowest BCUT2D eigenvalue weighted by Gasteiger charge is -2.18. The molecule has 0 radical (unpaired) electrons. The summed E-state index contributed by atoms with van der Waals surface area (Å²) in [7, 11) is 0. The van der Waals surface area contributed by atoms with Crippen molar-refractivity contribution >= 4 is 16.5 Å². The van der Waals surface area contributed by atoms with Crippen LogP contribution in [0.3, 0.4) is 0 Å². The number of halogens is 7. The Hall–Kier alpha value is -4.74. The van der Waals surface area contributed by atoms with E-state index in [1.165, 1.54) is 29.0 Å². The molecule has 0 aliphatic carbocycles. The monoisotopic (exact) mass is 580 g/mol. The maximum Gasteiger partial charge on any atom is 0.434 e. The molecule has 214 valence electrons. The van der Waals surface area contributed by atoms with Crippen molar-refractivity contribution in [1.82, 2.24) is 19.7 Å². The molecule has 2 N–H and O–H groups in total. The number of nitrogens with zero attached hydrogens (tertiary/aromatic N) is 4. The van der Waals surface area contributed by atoms with Gasteiger partial charge in [-0.05, 0) is 55.5 Å². The molecule has 3 aromatic heterocycles. The smallest absolute Gasteiger partial charge is 0.381 e. The largest absolute Gasteiger partial charge is 0.434 e. The molecule has 1 aromatic carbocycles. The number of nitrogens with one attached hydrogen (secondary N) is 2. The molecule has 41 heavy (non-hydrogen) atoms. The van der Waals surface area contributed by atoms with Gasteiger partial charge in [0.25, 0.3) is 11.1 Å². The van der Waals surface area contributed by atoms with Crippen LogP contribution in [0.25, 0.3) is 22.0 Å². The van der Waals surface area contributed by atoms with Crippen LogP contribution >= 0.6 is 0 Å². The first-order valence-electron chi connectivity index (χ1n) is 11.9. The van der Waals surface area contributed by atoms with Gasteiger partial charge in [0, 0.05) is 24.3 Å². The number of fused-ring (bicyclic) bond motifs is 1. The van der Waals surface area contributed by atoms with Crippen molar-refractivity contribution in [3.63, 3.8) is 0 Å². The lowest BCUT2D eigenvalue weighted by atomic mass is 10.0. The van der Waals surface area contributed by atoms with Crippen molar-refractivity contribution in [2.24, 2.45) is 0 Å². The zero-order valence-electron chi connectivity index (χ0n) is 21.0. The van der Waals surface area contributed by atoms with Crippen LogP contribution in [0.2, 0.25) is 0 Å². The Morgan fingerprint density at radius 1 is 1.10 bits per heavy atom. The van der Waals surface area contributed by atoms with Gasteiger partial charge >= 0.3 is 12.4 Å². The van der Waals surface area contributed by atoms with E-state index in [0.29, 0.717) is 6.42 Å². The van der Waals surface area contributed by atoms with Gasteiger partial charge in [-0.3, -0.25) is 9.59 Å². The Morgan fingerprint density at radius 3 is 2.49 bits per heavy atom. The van der Waals surface area contributed by atoms with Gasteiger partial charge in [0.15, 0.2) is 5.69 Å². The van der Waals surface area contributed by atoms with E-state index in [1.807, 2.05) is 0 Å². The van der Waals surface area contributed by atoms with Crippen molar-refractivity contribution in [2.45, 2.75) is 44.7 Å². The Balaban J connectivity index is 1.52. The summed E-state index contributed by atoms with van der Waals surface area (Å²) in [4.78, 5) is 28.0. The highest BCUT2D eigenvalue weighted by atomic mass is 19.4. The maximum atomic E-state index is 15.0. The topological polar surface area (TPSA) is 116 Å². The SMILES string of the molecule is CC(CCCn1ccc2cc(-c3ccc(C#N)c(C(F)(F)F)n3)c(F)cc2c1=O)Nc1cn[nH]c(=O)c1C(F)(F)F. The quantitative estimate of drug-likeness (QED) is 0.280. The number of nitriles is 1. The number of anilines is 1. The molecule has 0 amide bonds. The molecule has 1 atom stereocenters. The molecule has 0 aliphatic rings. The van der Waals surface area contributed by atoms with Crippen LogP contribution in [-0.2, 0) is 18.9 Å². The fraction of sp³-hybridized carbons (Fsp3) is 0.269. The fourth-order valence-electron chi connectivity index (χ4n) is 4.29. The summed E-state index contributed by atoms with van der Waals surface area (Å²) in [6, 6.07) is 6.36. The summed E-state index contributed by atoms with van der Waals surface area (Å²) in [6.07, 6.45) is -6.98. The molecular weight excluding hydrogens is 561 g/mol. The molecule has 0 bridgehead atoms. The lowest BCUT2D eigenvalue weighted by Crippen LogP contribution is -2.27. The lowest BCUT2D eigenvalue weighted by molar-refractivity contribution is -0.141. The molecule has 1 unspecified atom stereocenters. The summed E-state index contributed by atoms with van der Waals surface area (Å²) in [6.45, 7) is 1.71. The third kappa shape index (κ3) is 6.21. The summed E-state index contributed by atoms with van der Waals surface area (Å²) in [5, 5.41) is 16.9. The first-order valence-corrected chi connectivity index (χ1v) is 11.9. The van der Waals surface area contributed by atoms with Crippen LogP contribution in [0.15, 0.2) is 52.3 Å². The summed E-state index contributed by atoms with van der Waals surface area (Å²) in [5.41, 5.74) is -6.70. The molecular formula is C26H19F7N6O2. The Kier molecular flexibility index (Phi) is 7.87. The van der Waals surface area contributed by atoms with Crippen LogP contribution in [0.1, 0.15) is 36.6 Å². The van der Waals surface area contributed by atoms with Crippen LogP contribution in [-0.4, -0.2) is 25.8 Å². The molecule has 8 nitrogen and oxygen atoms in total. The zero-order chi connectivity index (χ0) is 30.1. The van der Waals surface area contributed by atoms with Gasteiger partial charge in [0.05, 0.1) is 28.5 Å². The number of benzene rings is 1. The van der Waals surface area contributed by atoms with Crippen molar-refractivity contribution in [2.75, 3.05) is 5.32 Å². The van der Waals surface area contributed by atoms with E-state index >= 15 is 0 Å². The molecule has 4 aromatic rings. The fourth-order valence-corrected chi connectivity index (χ4v) is 4.29. The molecule has 0 fully saturated rings. The highest BCUT2D eigenvalue weighted by Gasteiger charge is 2.38. The Bertz CT molecular complexity index is 1770. The first kappa shape index (κ1) is 29.2. The molecule has 0 aliphatic heterocycles. The highest BCUT2D eigenvalue weighted by Crippen LogP contribution is 2.34. The summed E-state index contributed by atoms with van der Waals surface area (Å²) in [5.74, 6) is -0.998. The first-order chi connectivity index (χ1) is 19.2. The van der Waals surface area contributed by atoms with Gasteiger partial charge in [0.1, 0.15) is 17.4 Å². The minimum atomic E-state index is -4.94. The number of aromatic nitrogens is 4. The number of hydrogen-bond donors (Lipinski definition) is 2. The van der Waals surface area contributed by atoms with Crippen LogP contribution in [0.4, 0.5) is 36.4 Å². The Morgan fingerprint density at radius 2 is 1.83 bits per heavy atom. The molecule has 0 saturated carbocycles. The second-order valence-corrected chi connectivity index (χ2v) is 9.11. The van der Waals surface area contributed by atoms with Gasteiger partial charge < -0.3 is 9.88 Å². The number of alkyl halides is 6. The Labute approximate surface area is 226 Å². The minimum Gasteiger partial charge on any atom is -0.381 e. The van der Waals surface area contributed by atoms with Crippen LogP contribution < -0.4 is 16.4 Å². The standard InChI is InChI=1S/C26H19F7N6O2/c1-13(36-20-12-35-38-23(40)21(20)25(28,29)30)3-2-7-39-8-6-14-9-17(18(27)10-16(14)24(39)41)19-5-4-15(11-34)22(37-19)26(31,32)33/h4-6,8-10,12-13H,2-3,7H2,1H3,(H2,36,38,40). The number of aryl methyl sites for hydroxylation is 1. The number of hydrogen-bond acceptors (Lipinski definition) is 6. The van der Waals surface area contributed by atoms with Gasteiger partial charge in [-0.25, -0.2) is 14.5 Å². The van der Waals surface area contributed by atoms with Crippen molar-refractivity contribution < 1.29 is 30.7 Å². The number of rotatable bonds is 7. The normalized spacial score (nSPS) is 12.8. The predicted molar refractivity (Wildman–Crippen MR) is 133 cm³/mol. The van der Waals surface area contributed by atoms with Crippen LogP contribution in [0, 0.1) is 17.1 Å². The van der Waals surface area contributed by atoms with E-state index in [9.17, 15) is 40.3 Å². The van der Waals surface area contributed by atoms with Crippen molar-refractivity contribution in [1.29, 1.82) is 5.26 Å². The average Bonchev–Trinajstić information content (AvgIpc) is 2.88. The third-order valence-corrected chi connectivity index (χ3v) is 6.20. The van der Waals surface area contributed by atoms with E-state index in [0.717, 1.165) is 24.4 Å². The van der Waals surface area contributed by atoms with Gasteiger partial charge in [0.2, 0.25) is 0 Å². The average molecular weight is 580 g/mol.